The lowest BCUT2D eigenvalue weighted by molar-refractivity contribution is 0.0770. The maximum atomic E-state index is 9.67. The Bertz CT molecular complexity index is 335. The van der Waals surface area contributed by atoms with Crippen LogP contribution in [0.15, 0.2) is 24.3 Å². The quantitative estimate of drug-likeness (QED) is 0.821. The van der Waals surface area contributed by atoms with E-state index >= 15 is 0 Å². The largest absolute Gasteiger partial charge is 0.389 e. The second kappa shape index (κ2) is 5.65. The highest BCUT2D eigenvalue weighted by Gasteiger charge is 2.14. The first kappa shape index (κ1) is 14.2. The molecule has 2 N–H and O–H groups in total. The fourth-order valence-corrected chi connectivity index (χ4v) is 1.69. The molecule has 0 aliphatic carbocycles. The summed E-state index contributed by atoms with van der Waals surface area (Å²) < 4.78 is 0. The maximum absolute atomic E-state index is 9.67. The Labute approximate surface area is 105 Å². The minimum atomic E-state index is -0.661. The van der Waals surface area contributed by atoms with Crippen molar-refractivity contribution in [3.8, 4) is 0 Å². The Morgan fingerprint density at radius 2 is 1.53 bits per heavy atom. The normalized spacial score (nSPS) is 14.1. The molecule has 2 heteroatoms. The van der Waals surface area contributed by atoms with E-state index in [0.29, 0.717) is 12.5 Å². The van der Waals surface area contributed by atoms with Crippen LogP contribution in [0.5, 0.6) is 0 Å². The van der Waals surface area contributed by atoms with Crippen molar-refractivity contribution in [3.05, 3.63) is 35.4 Å². The van der Waals surface area contributed by atoms with Gasteiger partial charge in [-0.1, -0.05) is 38.1 Å². The molecule has 1 aromatic carbocycles. The Balaban J connectivity index is 2.60. The first-order valence-electron chi connectivity index (χ1n) is 6.35. The van der Waals surface area contributed by atoms with Gasteiger partial charge in [-0.15, -0.1) is 0 Å². The van der Waals surface area contributed by atoms with Gasteiger partial charge in [-0.3, -0.25) is 0 Å². The second-order valence-electron chi connectivity index (χ2n) is 5.74. The predicted octanol–water partition coefficient (Wildman–Crippen LogP) is 3.23. The number of hydrogen-bond donors (Lipinski definition) is 2. The third-order valence-electron chi connectivity index (χ3n) is 2.94. The van der Waals surface area contributed by atoms with Crippen LogP contribution in [-0.2, 0) is 0 Å². The highest BCUT2D eigenvalue weighted by atomic mass is 16.3. The van der Waals surface area contributed by atoms with Crippen molar-refractivity contribution in [2.24, 2.45) is 0 Å². The van der Waals surface area contributed by atoms with E-state index in [9.17, 15) is 5.11 Å². The molecule has 2 nitrogen and oxygen atoms in total. The van der Waals surface area contributed by atoms with Crippen LogP contribution in [0, 0.1) is 0 Å². The van der Waals surface area contributed by atoms with Crippen LogP contribution in [0.25, 0.3) is 0 Å². The molecule has 1 unspecified atom stereocenters. The highest BCUT2D eigenvalue weighted by molar-refractivity contribution is 5.26. The lowest BCUT2D eigenvalue weighted by atomic mass is 9.99. The first-order valence-corrected chi connectivity index (χ1v) is 6.35. The molecule has 0 heterocycles. The van der Waals surface area contributed by atoms with Crippen molar-refractivity contribution in [2.75, 3.05) is 6.54 Å². The number of rotatable bonds is 5. The van der Waals surface area contributed by atoms with Gasteiger partial charge in [-0.2, -0.15) is 0 Å². The molecule has 1 atom stereocenters. The number of hydrogen-bond acceptors (Lipinski definition) is 2. The smallest absolute Gasteiger partial charge is 0.0715 e. The molecular weight excluding hydrogens is 210 g/mol. The van der Waals surface area contributed by atoms with Crippen LogP contribution in [0.1, 0.15) is 57.7 Å². The number of benzene rings is 1. The van der Waals surface area contributed by atoms with Crippen LogP contribution in [0.3, 0.4) is 0 Å². The Hall–Kier alpha value is -0.860. The van der Waals surface area contributed by atoms with Crippen molar-refractivity contribution in [2.45, 2.75) is 52.2 Å². The summed E-state index contributed by atoms with van der Waals surface area (Å²) >= 11 is 0. The molecule has 0 amide bonds. The molecule has 0 radical (unpaired) electrons. The zero-order valence-corrected chi connectivity index (χ0v) is 11.6. The van der Waals surface area contributed by atoms with Gasteiger partial charge in [0.05, 0.1) is 5.60 Å². The topological polar surface area (TPSA) is 32.3 Å². The van der Waals surface area contributed by atoms with Crippen molar-refractivity contribution in [3.63, 3.8) is 0 Å². The van der Waals surface area contributed by atoms with E-state index in [1.54, 1.807) is 0 Å². The molecule has 0 bridgehead atoms. The van der Waals surface area contributed by atoms with Crippen molar-refractivity contribution < 1.29 is 5.11 Å². The van der Waals surface area contributed by atoms with Gasteiger partial charge in [0.25, 0.3) is 0 Å². The minimum Gasteiger partial charge on any atom is -0.389 e. The molecule has 0 aromatic heterocycles. The fourth-order valence-electron chi connectivity index (χ4n) is 1.69. The molecule has 17 heavy (non-hydrogen) atoms. The lowest BCUT2D eigenvalue weighted by Crippen LogP contribution is -2.36. The van der Waals surface area contributed by atoms with Gasteiger partial charge in [0, 0.05) is 12.6 Å². The number of nitrogens with one attached hydrogen (secondary N) is 1. The monoisotopic (exact) mass is 235 g/mol. The minimum absolute atomic E-state index is 0.266. The van der Waals surface area contributed by atoms with Gasteiger partial charge in [-0.05, 0) is 37.8 Å². The van der Waals surface area contributed by atoms with Gasteiger partial charge in [0.1, 0.15) is 0 Å². The van der Waals surface area contributed by atoms with Crippen LogP contribution in [0.4, 0.5) is 0 Å². The third kappa shape index (κ3) is 4.88. The molecule has 1 rings (SSSR count). The van der Waals surface area contributed by atoms with Crippen molar-refractivity contribution >= 4 is 0 Å². The zero-order valence-electron chi connectivity index (χ0n) is 11.6. The van der Waals surface area contributed by atoms with Crippen LogP contribution in [-0.4, -0.2) is 17.3 Å². The van der Waals surface area contributed by atoms with E-state index in [2.05, 4.69) is 50.4 Å². The van der Waals surface area contributed by atoms with E-state index in [-0.39, 0.29) is 6.04 Å². The standard InChI is InChI=1S/C15H25NO/c1-11(2)13-6-8-14(9-7-13)12(3)16-10-15(4,5)17/h6-9,11-12,16-17H,10H2,1-5H3. The lowest BCUT2D eigenvalue weighted by Gasteiger charge is -2.22. The van der Waals surface area contributed by atoms with E-state index in [4.69, 9.17) is 0 Å². The maximum Gasteiger partial charge on any atom is 0.0715 e. The summed E-state index contributed by atoms with van der Waals surface area (Å²) in [5.41, 5.74) is 1.97. The SMILES string of the molecule is CC(C)c1ccc(C(C)NCC(C)(C)O)cc1. The molecule has 0 spiro atoms. The average Bonchev–Trinajstić information content (AvgIpc) is 2.25. The van der Waals surface area contributed by atoms with Crippen LogP contribution in [0.2, 0.25) is 0 Å². The summed E-state index contributed by atoms with van der Waals surface area (Å²) in [6.07, 6.45) is 0. The van der Waals surface area contributed by atoms with Crippen LogP contribution >= 0.6 is 0 Å². The van der Waals surface area contributed by atoms with E-state index in [0.717, 1.165) is 0 Å². The van der Waals surface area contributed by atoms with Gasteiger partial charge in [0.2, 0.25) is 0 Å². The van der Waals surface area contributed by atoms with Crippen molar-refractivity contribution in [1.29, 1.82) is 0 Å². The predicted molar refractivity (Wildman–Crippen MR) is 73.2 cm³/mol. The Kier molecular flexibility index (Phi) is 4.72. The molecule has 0 saturated heterocycles. The summed E-state index contributed by atoms with van der Waals surface area (Å²) in [6.45, 7) is 10.7. The zero-order chi connectivity index (χ0) is 13.1. The van der Waals surface area contributed by atoms with Gasteiger partial charge in [0.15, 0.2) is 0 Å². The van der Waals surface area contributed by atoms with Gasteiger partial charge in [-0.25, -0.2) is 0 Å². The molecule has 0 aliphatic heterocycles. The second-order valence-corrected chi connectivity index (χ2v) is 5.74. The number of aliphatic hydroxyl groups is 1. The van der Waals surface area contributed by atoms with Gasteiger partial charge >= 0.3 is 0 Å². The molecule has 1 aromatic rings. The Morgan fingerprint density at radius 1 is 1.06 bits per heavy atom. The first-order chi connectivity index (χ1) is 7.79. The van der Waals surface area contributed by atoms with E-state index in [1.165, 1.54) is 11.1 Å². The van der Waals surface area contributed by atoms with E-state index in [1.807, 2.05) is 13.8 Å². The van der Waals surface area contributed by atoms with E-state index < -0.39 is 5.60 Å². The van der Waals surface area contributed by atoms with Gasteiger partial charge < -0.3 is 10.4 Å². The third-order valence-corrected chi connectivity index (χ3v) is 2.94. The summed E-state index contributed by atoms with van der Waals surface area (Å²) in [6, 6.07) is 8.96. The summed E-state index contributed by atoms with van der Waals surface area (Å²) in [4.78, 5) is 0. The summed E-state index contributed by atoms with van der Waals surface area (Å²) in [7, 11) is 0. The average molecular weight is 235 g/mol. The van der Waals surface area contributed by atoms with Crippen molar-refractivity contribution in [1.82, 2.24) is 5.32 Å². The molecule has 0 aliphatic rings. The Morgan fingerprint density at radius 3 is 1.94 bits per heavy atom. The fraction of sp³-hybridized carbons (Fsp3) is 0.600. The molecule has 0 saturated carbocycles. The summed E-state index contributed by atoms with van der Waals surface area (Å²) in [5, 5.41) is 13.0. The van der Waals surface area contributed by atoms with Crippen LogP contribution < -0.4 is 5.32 Å². The molecular formula is C15H25NO. The molecule has 96 valence electrons. The highest BCUT2D eigenvalue weighted by Crippen LogP contribution is 2.18. The molecule has 0 fully saturated rings. The summed E-state index contributed by atoms with van der Waals surface area (Å²) in [5.74, 6) is 0.573.